The Morgan fingerprint density at radius 3 is 2.84 bits per heavy atom. The van der Waals surface area contributed by atoms with Crippen LogP contribution in [0.1, 0.15) is 12.1 Å². The third-order valence-electron chi connectivity index (χ3n) is 4.55. The van der Waals surface area contributed by atoms with Crippen molar-refractivity contribution in [3.63, 3.8) is 0 Å². The van der Waals surface area contributed by atoms with Crippen LogP contribution in [0.4, 0.5) is 5.13 Å². The van der Waals surface area contributed by atoms with Gasteiger partial charge in [-0.3, -0.25) is 9.80 Å². The quantitative estimate of drug-likeness (QED) is 0.183. The number of nitrogens with zero attached hydrogens (tertiary/aromatic N) is 4. The molecule has 1 amide bonds. The van der Waals surface area contributed by atoms with Gasteiger partial charge in [-0.05, 0) is 0 Å². The molecular formula is C17H22N6O6S2. The van der Waals surface area contributed by atoms with E-state index >= 15 is 0 Å². The van der Waals surface area contributed by atoms with Crippen LogP contribution in [-0.4, -0.2) is 84.7 Å². The number of aliphatic carboxylic acids is 1. The number of carbonyl (C=O) groups excluding carboxylic acids is 1. The lowest BCUT2D eigenvalue weighted by atomic mass is 10.2. The van der Waals surface area contributed by atoms with Gasteiger partial charge < -0.3 is 21.0 Å². The lowest BCUT2D eigenvalue weighted by Gasteiger charge is -2.21. The number of nitrogen functional groups attached to an aromatic ring is 1. The number of oxime groups is 1. The van der Waals surface area contributed by atoms with Crippen molar-refractivity contribution < 1.29 is 28.0 Å². The molecule has 168 valence electrons. The zero-order valence-corrected chi connectivity index (χ0v) is 18.3. The minimum atomic E-state index is -3.68. The second-order valence-corrected chi connectivity index (χ2v) is 9.80. The van der Waals surface area contributed by atoms with Gasteiger partial charge in [-0.2, -0.15) is 0 Å². The van der Waals surface area contributed by atoms with Crippen LogP contribution in [0.25, 0.3) is 0 Å². The Balaban J connectivity index is 1.75. The van der Waals surface area contributed by atoms with E-state index in [1.54, 1.807) is 16.5 Å². The molecule has 4 N–H and O–H groups in total. The van der Waals surface area contributed by atoms with Crippen LogP contribution < -0.4 is 11.1 Å². The van der Waals surface area contributed by atoms with E-state index in [4.69, 9.17) is 10.6 Å². The fraction of sp³-hybridized carbons (Fsp3) is 0.412. The lowest BCUT2D eigenvalue weighted by molar-refractivity contribution is -0.135. The van der Waals surface area contributed by atoms with Gasteiger partial charge in [-0.25, -0.2) is 23.2 Å². The summed E-state index contributed by atoms with van der Waals surface area (Å²) in [6.45, 7) is 4.06. The number of sulfone groups is 1. The lowest BCUT2D eigenvalue weighted by Crippen LogP contribution is -2.43. The number of carbonyl (C=O) groups is 2. The second kappa shape index (κ2) is 9.03. The number of aromatic nitrogens is 1. The fourth-order valence-electron chi connectivity index (χ4n) is 3.22. The van der Waals surface area contributed by atoms with Crippen LogP contribution in [-0.2, 0) is 24.3 Å². The predicted molar refractivity (Wildman–Crippen MR) is 114 cm³/mol. The van der Waals surface area contributed by atoms with Gasteiger partial charge in [0.05, 0.1) is 24.0 Å². The van der Waals surface area contributed by atoms with Crippen LogP contribution in [0.15, 0.2) is 33.8 Å². The van der Waals surface area contributed by atoms with Crippen molar-refractivity contribution in [3.05, 3.63) is 34.3 Å². The molecule has 0 radical (unpaired) electrons. The summed E-state index contributed by atoms with van der Waals surface area (Å²) >= 11 is 1.15. The molecule has 14 heteroatoms. The average molecular weight is 471 g/mol. The third kappa shape index (κ3) is 5.03. The maximum atomic E-state index is 12.9. The highest BCUT2D eigenvalue weighted by molar-refractivity contribution is 7.94. The number of nitrogens with one attached hydrogen (secondary N) is 1. The summed E-state index contributed by atoms with van der Waals surface area (Å²) < 4.78 is 23.9. The number of carboxylic acids is 1. The van der Waals surface area contributed by atoms with Crippen LogP contribution in [0, 0.1) is 0 Å². The minimum Gasteiger partial charge on any atom is -0.477 e. The van der Waals surface area contributed by atoms with Crippen LogP contribution in [0.2, 0.25) is 0 Å². The summed E-state index contributed by atoms with van der Waals surface area (Å²) in [5, 5.41) is 20.9. The predicted octanol–water partition coefficient (Wildman–Crippen LogP) is -0.606. The molecule has 0 aromatic carbocycles. The monoisotopic (exact) mass is 470 g/mol. The molecule has 3 heterocycles. The van der Waals surface area contributed by atoms with Crippen molar-refractivity contribution in [1.29, 1.82) is 0 Å². The first kappa shape index (κ1) is 22.7. The van der Waals surface area contributed by atoms with Crippen molar-refractivity contribution in [2.45, 2.75) is 12.5 Å². The Kier molecular flexibility index (Phi) is 6.62. The number of rotatable bonds is 9. The number of fused-ring (bicyclic) bond motifs is 1. The normalized spacial score (nSPS) is 19.5. The molecule has 0 unspecified atom stereocenters. The SMILES string of the molecule is C=CCCON=C(C(=O)N[C@H]1CN2CC(S(C)(=O)=O)=C(C(=O)O)N2C1)c1csc(N)n1. The van der Waals surface area contributed by atoms with Crippen LogP contribution in [0.3, 0.4) is 0 Å². The molecule has 1 saturated heterocycles. The smallest absolute Gasteiger partial charge is 0.354 e. The van der Waals surface area contributed by atoms with E-state index in [1.165, 1.54) is 5.01 Å². The van der Waals surface area contributed by atoms with Crippen molar-refractivity contribution in [3.8, 4) is 0 Å². The summed E-state index contributed by atoms with van der Waals surface area (Å²) in [5.74, 6) is -1.91. The zero-order chi connectivity index (χ0) is 22.8. The average Bonchev–Trinajstić information content (AvgIpc) is 3.34. The largest absolute Gasteiger partial charge is 0.477 e. The molecular weight excluding hydrogens is 448 g/mol. The summed E-state index contributed by atoms with van der Waals surface area (Å²) in [7, 11) is -3.68. The van der Waals surface area contributed by atoms with Gasteiger partial charge in [0, 0.05) is 24.6 Å². The number of hydrazine groups is 1. The molecule has 1 fully saturated rings. The Morgan fingerprint density at radius 2 is 2.26 bits per heavy atom. The molecule has 1 aromatic heterocycles. The zero-order valence-electron chi connectivity index (χ0n) is 16.6. The molecule has 1 atom stereocenters. The fourth-order valence-corrected chi connectivity index (χ4v) is 4.69. The molecule has 31 heavy (non-hydrogen) atoms. The number of thiazole rings is 1. The highest BCUT2D eigenvalue weighted by Crippen LogP contribution is 2.30. The Morgan fingerprint density at radius 1 is 1.52 bits per heavy atom. The van der Waals surface area contributed by atoms with Gasteiger partial charge in [0.1, 0.15) is 12.3 Å². The Bertz CT molecular complexity index is 1060. The number of carboxylic acid groups (broad SMARTS) is 1. The van der Waals surface area contributed by atoms with Gasteiger partial charge in [-0.15, -0.1) is 17.9 Å². The summed E-state index contributed by atoms with van der Waals surface area (Å²) in [4.78, 5) is 33.6. The standard InChI is InChI=1S/C17H22N6O6S2/c1-3-4-5-29-21-13(11-9-30-17(18)20-11)15(24)19-10-6-22-8-12(31(2,27)28)14(16(25)26)23(22)7-10/h3,9-10H,1,4-8H2,2H3,(H2,18,20)(H,19,24)(H,25,26)/t10-/m0/s1. The maximum Gasteiger partial charge on any atom is 0.354 e. The van der Waals surface area contributed by atoms with Gasteiger partial charge in [0.2, 0.25) is 0 Å². The van der Waals surface area contributed by atoms with E-state index in [1.807, 2.05) is 0 Å². The van der Waals surface area contributed by atoms with Crippen molar-refractivity contribution >= 4 is 43.9 Å². The molecule has 0 aliphatic carbocycles. The molecule has 2 aliphatic heterocycles. The number of amides is 1. The van der Waals surface area contributed by atoms with Crippen LogP contribution >= 0.6 is 11.3 Å². The molecule has 2 aliphatic rings. The summed E-state index contributed by atoms with van der Waals surface area (Å²) in [5.41, 5.74) is 5.54. The van der Waals surface area contributed by atoms with Crippen molar-refractivity contribution in [1.82, 2.24) is 20.3 Å². The van der Waals surface area contributed by atoms with Gasteiger partial charge >= 0.3 is 5.97 Å². The van der Waals surface area contributed by atoms with Crippen molar-refractivity contribution in [2.24, 2.45) is 5.16 Å². The molecule has 3 rings (SSSR count). The molecule has 0 saturated carbocycles. The first-order valence-corrected chi connectivity index (χ1v) is 11.9. The molecule has 0 bridgehead atoms. The Labute approximate surface area is 182 Å². The summed E-state index contributed by atoms with van der Waals surface area (Å²) in [6.07, 6.45) is 3.16. The second-order valence-electron chi connectivity index (χ2n) is 6.87. The van der Waals surface area contributed by atoms with Crippen LogP contribution in [0.5, 0.6) is 0 Å². The van der Waals surface area contributed by atoms with Gasteiger partial charge in [0.25, 0.3) is 5.91 Å². The van der Waals surface area contributed by atoms with Gasteiger partial charge in [0.15, 0.2) is 26.4 Å². The topological polar surface area (TPSA) is 168 Å². The first-order chi connectivity index (χ1) is 14.6. The van der Waals surface area contributed by atoms with E-state index in [-0.39, 0.29) is 53.4 Å². The number of hydrogen-bond donors (Lipinski definition) is 3. The molecule has 12 nitrogen and oxygen atoms in total. The van der Waals surface area contributed by atoms with E-state index in [0.29, 0.717) is 6.42 Å². The number of anilines is 1. The highest BCUT2D eigenvalue weighted by Gasteiger charge is 2.44. The summed E-state index contributed by atoms with van der Waals surface area (Å²) in [6, 6.07) is -0.475. The number of hydrogen-bond acceptors (Lipinski definition) is 11. The van der Waals surface area contributed by atoms with E-state index in [9.17, 15) is 23.1 Å². The number of nitrogens with two attached hydrogens (primary N) is 1. The van der Waals surface area contributed by atoms with Gasteiger partial charge in [-0.1, -0.05) is 11.2 Å². The minimum absolute atomic E-state index is 0.0649. The maximum absolute atomic E-state index is 12.9. The Hall–Kier alpha value is -2.97. The third-order valence-corrected chi connectivity index (χ3v) is 6.44. The molecule has 1 aromatic rings. The van der Waals surface area contributed by atoms with Crippen molar-refractivity contribution in [2.75, 3.05) is 38.2 Å². The van der Waals surface area contributed by atoms with E-state index in [2.05, 4.69) is 22.0 Å². The van der Waals surface area contributed by atoms with E-state index < -0.39 is 27.8 Å². The molecule has 0 spiro atoms. The first-order valence-electron chi connectivity index (χ1n) is 9.13. The van der Waals surface area contributed by atoms with E-state index in [0.717, 1.165) is 17.6 Å². The highest BCUT2D eigenvalue weighted by atomic mass is 32.2.